The molecule has 0 saturated heterocycles. The second-order valence-electron chi connectivity index (χ2n) is 4.96. The zero-order chi connectivity index (χ0) is 21.3. The number of hydrogen-bond acceptors (Lipinski definition) is 8. The first-order valence-electron chi connectivity index (χ1n) is 6.34. The summed E-state index contributed by atoms with van der Waals surface area (Å²) in [6.45, 7) is 0. The first-order chi connectivity index (χ1) is 11.6. The SMILES string of the molecule is O=C(O)CC(O)(CC(=O)O)C(=O)O.O=C(O)CC(O)(CC(=O)O)C(=O)O.[Fe]. The van der Waals surface area contributed by atoms with Crippen LogP contribution in [-0.4, -0.2) is 87.9 Å². The second kappa shape index (κ2) is 11.8. The molecule has 27 heavy (non-hydrogen) atoms. The summed E-state index contributed by atoms with van der Waals surface area (Å²) in [7, 11) is 0. The summed E-state index contributed by atoms with van der Waals surface area (Å²) in [5, 5.41) is 67.6. The average molecular weight is 440 g/mol. The van der Waals surface area contributed by atoms with Gasteiger partial charge in [0.05, 0.1) is 25.7 Å². The van der Waals surface area contributed by atoms with Crippen LogP contribution in [0.2, 0.25) is 0 Å². The maximum atomic E-state index is 10.3. The molecule has 0 rings (SSSR count). The molecule has 0 aliphatic rings. The molecule has 0 fully saturated rings. The Labute approximate surface area is 160 Å². The average Bonchev–Trinajstić information content (AvgIpc) is 2.34. The third-order valence-electron chi connectivity index (χ3n) is 2.57. The minimum atomic E-state index is -2.74. The van der Waals surface area contributed by atoms with Crippen LogP contribution in [0.3, 0.4) is 0 Å². The quantitative estimate of drug-likeness (QED) is 0.163. The molecule has 0 bridgehead atoms. The largest absolute Gasteiger partial charge is 0.481 e. The van der Waals surface area contributed by atoms with E-state index in [2.05, 4.69) is 0 Å². The molecule has 0 atom stereocenters. The van der Waals surface area contributed by atoms with Gasteiger partial charge in [0.2, 0.25) is 0 Å². The van der Waals surface area contributed by atoms with Crippen LogP contribution in [0.15, 0.2) is 0 Å². The Bertz CT molecular complexity index is 513. The molecular weight excluding hydrogens is 424 g/mol. The number of aliphatic hydroxyl groups is 2. The van der Waals surface area contributed by atoms with Gasteiger partial charge in [0.15, 0.2) is 11.2 Å². The van der Waals surface area contributed by atoms with E-state index in [9.17, 15) is 28.8 Å². The molecule has 14 nitrogen and oxygen atoms in total. The normalized spacial score (nSPS) is 10.4. The number of rotatable bonds is 10. The number of aliphatic carboxylic acids is 6. The maximum absolute atomic E-state index is 10.3. The van der Waals surface area contributed by atoms with Gasteiger partial charge in [-0.2, -0.15) is 0 Å². The van der Waals surface area contributed by atoms with Crippen LogP contribution in [-0.2, 0) is 45.8 Å². The van der Waals surface area contributed by atoms with Crippen molar-refractivity contribution in [3.63, 3.8) is 0 Å². The zero-order valence-electron chi connectivity index (χ0n) is 13.2. The molecule has 8 N–H and O–H groups in total. The maximum Gasteiger partial charge on any atom is 0.336 e. The third kappa shape index (κ3) is 12.3. The zero-order valence-corrected chi connectivity index (χ0v) is 14.3. The molecule has 0 unspecified atom stereocenters. The van der Waals surface area contributed by atoms with Crippen molar-refractivity contribution in [3.8, 4) is 0 Å². The van der Waals surface area contributed by atoms with Crippen molar-refractivity contribution in [3.05, 3.63) is 0 Å². The topological polar surface area (TPSA) is 264 Å². The van der Waals surface area contributed by atoms with Gasteiger partial charge in [0, 0.05) is 17.1 Å². The molecule has 0 aromatic carbocycles. The Morgan fingerprint density at radius 3 is 0.704 bits per heavy atom. The Kier molecular flexibility index (Phi) is 12.7. The molecule has 156 valence electrons. The van der Waals surface area contributed by atoms with Crippen molar-refractivity contribution in [2.24, 2.45) is 0 Å². The first kappa shape index (κ1) is 29.0. The fourth-order valence-corrected chi connectivity index (χ4v) is 1.43. The summed E-state index contributed by atoms with van der Waals surface area (Å²) in [6, 6.07) is 0. The van der Waals surface area contributed by atoms with Crippen LogP contribution in [0.25, 0.3) is 0 Å². The first-order valence-corrected chi connectivity index (χ1v) is 6.34. The van der Waals surface area contributed by atoms with Gasteiger partial charge in [-0.25, -0.2) is 9.59 Å². The number of carboxylic acid groups (broad SMARTS) is 6. The Morgan fingerprint density at radius 2 is 0.630 bits per heavy atom. The molecule has 0 aromatic heterocycles. The molecule has 0 heterocycles. The van der Waals surface area contributed by atoms with Gasteiger partial charge in [0.25, 0.3) is 0 Å². The fraction of sp³-hybridized carbons (Fsp3) is 0.500. The molecule has 0 amide bonds. The summed E-state index contributed by atoms with van der Waals surface area (Å²) >= 11 is 0. The predicted octanol–water partition coefficient (Wildman–Crippen LogP) is -2.50. The summed E-state index contributed by atoms with van der Waals surface area (Å²) in [5.41, 5.74) is -5.48. The molecule has 0 aliphatic heterocycles. The monoisotopic (exact) mass is 440 g/mol. The van der Waals surface area contributed by atoms with E-state index in [4.69, 9.17) is 40.9 Å². The van der Waals surface area contributed by atoms with Crippen molar-refractivity contribution < 1.29 is 86.7 Å². The molecular formula is C12H16FeO14. The van der Waals surface area contributed by atoms with Gasteiger partial charge in [-0.3, -0.25) is 19.2 Å². The standard InChI is InChI=1S/2C6H8O7.Fe/c2*7-3(8)1-6(13,5(11)12)2-4(9)10;/h2*13H,1-2H2,(H,7,8)(H,9,10)(H,11,12);. The van der Waals surface area contributed by atoms with Gasteiger partial charge in [0.1, 0.15) is 0 Å². The van der Waals surface area contributed by atoms with Crippen LogP contribution in [0.4, 0.5) is 0 Å². The van der Waals surface area contributed by atoms with Crippen LogP contribution in [0.1, 0.15) is 25.7 Å². The Hall–Kier alpha value is -2.74. The van der Waals surface area contributed by atoms with Crippen molar-refractivity contribution in [2.75, 3.05) is 0 Å². The van der Waals surface area contributed by atoms with Gasteiger partial charge in [-0.1, -0.05) is 0 Å². The van der Waals surface area contributed by atoms with Gasteiger partial charge >= 0.3 is 35.8 Å². The van der Waals surface area contributed by atoms with E-state index >= 15 is 0 Å². The third-order valence-corrected chi connectivity index (χ3v) is 2.57. The minimum absolute atomic E-state index is 0. The molecule has 0 aromatic rings. The van der Waals surface area contributed by atoms with E-state index in [1.807, 2.05) is 0 Å². The smallest absolute Gasteiger partial charge is 0.336 e. The minimum Gasteiger partial charge on any atom is -0.481 e. The summed E-state index contributed by atoms with van der Waals surface area (Å²) in [4.78, 5) is 61.0. The van der Waals surface area contributed by atoms with E-state index in [-0.39, 0.29) is 17.1 Å². The van der Waals surface area contributed by atoms with E-state index in [1.54, 1.807) is 0 Å². The molecule has 0 spiro atoms. The molecule has 15 heteroatoms. The van der Waals surface area contributed by atoms with Crippen LogP contribution in [0.5, 0.6) is 0 Å². The number of carboxylic acids is 6. The molecule has 0 saturated carbocycles. The fourth-order valence-electron chi connectivity index (χ4n) is 1.43. The molecule has 0 aliphatic carbocycles. The van der Waals surface area contributed by atoms with Crippen molar-refractivity contribution >= 4 is 35.8 Å². The predicted molar refractivity (Wildman–Crippen MR) is 74.2 cm³/mol. The van der Waals surface area contributed by atoms with Crippen molar-refractivity contribution in [2.45, 2.75) is 36.9 Å². The van der Waals surface area contributed by atoms with Gasteiger partial charge in [-0.05, 0) is 0 Å². The Balaban J connectivity index is -0.000000411. The van der Waals surface area contributed by atoms with Crippen LogP contribution >= 0.6 is 0 Å². The second-order valence-corrected chi connectivity index (χ2v) is 4.96. The number of hydrogen-bond donors (Lipinski definition) is 8. The van der Waals surface area contributed by atoms with E-state index in [0.717, 1.165) is 0 Å². The Morgan fingerprint density at radius 1 is 0.481 bits per heavy atom. The number of carbonyl (C=O) groups is 6. The van der Waals surface area contributed by atoms with Crippen LogP contribution in [0, 0.1) is 0 Å². The van der Waals surface area contributed by atoms with Crippen LogP contribution < -0.4 is 0 Å². The van der Waals surface area contributed by atoms with Gasteiger partial charge < -0.3 is 40.9 Å². The van der Waals surface area contributed by atoms with E-state index in [1.165, 1.54) is 0 Å². The van der Waals surface area contributed by atoms with Gasteiger partial charge in [-0.15, -0.1) is 0 Å². The summed E-state index contributed by atoms with van der Waals surface area (Å²) < 4.78 is 0. The summed E-state index contributed by atoms with van der Waals surface area (Å²) in [6.07, 6.45) is -4.58. The summed E-state index contributed by atoms with van der Waals surface area (Å²) in [5.74, 6) is -10.0. The van der Waals surface area contributed by atoms with E-state index < -0.39 is 72.7 Å². The van der Waals surface area contributed by atoms with Crippen molar-refractivity contribution in [1.29, 1.82) is 0 Å². The van der Waals surface area contributed by atoms with E-state index in [0.29, 0.717) is 0 Å². The van der Waals surface area contributed by atoms with Crippen molar-refractivity contribution in [1.82, 2.24) is 0 Å². The molecule has 0 radical (unpaired) electrons.